The van der Waals surface area contributed by atoms with Crippen LogP contribution in [0.25, 0.3) is 11.3 Å². The molecule has 0 fully saturated rings. The zero-order valence-corrected chi connectivity index (χ0v) is 15.7. The monoisotopic (exact) mass is 374 g/mol. The van der Waals surface area contributed by atoms with Crippen LogP contribution in [0.3, 0.4) is 0 Å². The van der Waals surface area contributed by atoms with E-state index in [2.05, 4.69) is 58.3 Å². The summed E-state index contributed by atoms with van der Waals surface area (Å²) in [6, 6.07) is 17.9. The molecule has 0 unspecified atom stereocenters. The number of aryl methyl sites for hydroxylation is 1. The minimum absolute atomic E-state index is 0.520. The molecule has 3 aromatic rings. The number of benzene rings is 2. The van der Waals surface area contributed by atoms with E-state index in [0.717, 1.165) is 23.1 Å². The Bertz CT molecular complexity index is 1020. The Hall–Kier alpha value is -2.76. The summed E-state index contributed by atoms with van der Waals surface area (Å²) in [5, 5.41) is 2.83. The summed E-state index contributed by atoms with van der Waals surface area (Å²) in [5.41, 5.74) is 5.46. The first-order valence-corrected chi connectivity index (χ1v) is 8.93. The number of rotatable bonds is 3. The summed E-state index contributed by atoms with van der Waals surface area (Å²) < 4.78 is 0. The van der Waals surface area contributed by atoms with Crippen molar-refractivity contribution in [2.24, 2.45) is 4.99 Å². The largest absolute Gasteiger partial charge is 0.252 e. The average Bonchev–Trinajstić information content (AvgIpc) is 2.68. The molecule has 0 bridgehead atoms. The maximum atomic E-state index is 6.29. The molecule has 1 heterocycles. The van der Waals surface area contributed by atoms with Crippen LogP contribution in [-0.4, -0.2) is 10.1 Å². The minimum Gasteiger partial charge on any atom is -0.252 e. The van der Waals surface area contributed by atoms with E-state index >= 15 is 0 Å². The Morgan fingerprint density at radius 3 is 2.15 bits per heavy atom. The maximum Gasteiger partial charge on any atom is 0.0937 e. The second kappa shape index (κ2) is 8.56. The number of aromatic nitrogens is 1. The summed E-state index contributed by atoms with van der Waals surface area (Å²) in [6.07, 6.45) is 2.65. The van der Waals surface area contributed by atoms with Gasteiger partial charge in [-0.25, -0.2) is 0 Å². The number of halogens is 1. The lowest BCUT2D eigenvalue weighted by Crippen LogP contribution is -1.85. The predicted molar refractivity (Wildman–Crippen MR) is 111 cm³/mol. The molecule has 0 atom stereocenters. The predicted octanol–water partition coefficient (Wildman–Crippen LogP) is 6.10. The van der Waals surface area contributed by atoms with Crippen LogP contribution < -0.4 is 0 Å². The molecule has 3 rings (SSSR count). The molecule has 1 aromatic heterocycles. The first-order chi connectivity index (χ1) is 12.7. The van der Waals surface area contributed by atoms with E-state index in [9.17, 15) is 0 Å². The van der Waals surface area contributed by atoms with Gasteiger partial charge in [-0.15, -0.1) is 0 Å². The molecule has 0 amide bonds. The zero-order valence-electron chi connectivity index (χ0n) is 14.2. The van der Waals surface area contributed by atoms with Gasteiger partial charge in [-0.05, 0) is 54.5 Å². The average molecular weight is 375 g/mol. The van der Waals surface area contributed by atoms with Crippen LogP contribution in [0.1, 0.15) is 23.6 Å². The third kappa shape index (κ3) is 4.45. The smallest absolute Gasteiger partial charge is 0.0937 e. The van der Waals surface area contributed by atoms with Gasteiger partial charge in [-0.1, -0.05) is 54.6 Å². The lowest BCUT2D eigenvalue weighted by molar-refractivity contribution is 1.14. The zero-order chi connectivity index (χ0) is 18.4. The molecule has 0 radical (unpaired) electrons. The van der Waals surface area contributed by atoms with Gasteiger partial charge in [0.1, 0.15) is 0 Å². The van der Waals surface area contributed by atoms with Crippen LogP contribution >= 0.6 is 23.8 Å². The van der Waals surface area contributed by atoms with E-state index in [1.807, 2.05) is 36.4 Å². The van der Waals surface area contributed by atoms with E-state index in [0.29, 0.717) is 16.4 Å². The van der Waals surface area contributed by atoms with Crippen molar-refractivity contribution in [3.8, 4) is 23.1 Å². The molecule has 0 aliphatic carbocycles. The number of aliphatic imine (C=N–C) groups is 1. The quantitative estimate of drug-likeness (QED) is 0.314. The van der Waals surface area contributed by atoms with E-state index < -0.39 is 0 Å². The van der Waals surface area contributed by atoms with Gasteiger partial charge in [-0.3, -0.25) is 4.98 Å². The van der Waals surface area contributed by atoms with Gasteiger partial charge in [0.05, 0.1) is 27.8 Å². The molecule has 0 aliphatic rings. The van der Waals surface area contributed by atoms with Crippen molar-refractivity contribution in [2.45, 2.75) is 13.3 Å². The Kier molecular flexibility index (Phi) is 5.94. The number of nitrogens with zero attached hydrogens (tertiary/aromatic N) is 2. The number of hydrogen-bond acceptors (Lipinski definition) is 3. The van der Waals surface area contributed by atoms with Crippen molar-refractivity contribution in [1.29, 1.82) is 0 Å². The van der Waals surface area contributed by atoms with Gasteiger partial charge in [-0.2, -0.15) is 4.99 Å². The van der Waals surface area contributed by atoms with E-state index in [1.54, 1.807) is 12.3 Å². The highest BCUT2D eigenvalue weighted by Crippen LogP contribution is 2.28. The highest BCUT2D eigenvalue weighted by Gasteiger charge is 2.06. The lowest BCUT2D eigenvalue weighted by Gasteiger charge is -2.04. The standard InChI is InChI=1S/C22H15ClN2S/c1-2-16-3-5-17(6-4-16)7-8-18-9-11-19(12-10-18)22-21(23)13-20(14-24-22)25-15-26/h3-6,9-14H,2H2,1H3. The topological polar surface area (TPSA) is 25.2 Å². The summed E-state index contributed by atoms with van der Waals surface area (Å²) >= 11 is 10.9. The van der Waals surface area contributed by atoms with Crippen LogP contribution in [0.2, 0.25) is 5.02 Å². The van der Waals surface area contributed by atoms with Crippen LogP contribution in [0, 0.1) is 11.8 Å². The number of hydrogen-bond donors (Lipinski definition) is 0. The molecule has 0 saturated carbocycles. The number of isothiocyanates is 1. The first kappa shape index (κ1) is 18.0. The number of thiocarbonyl (C=S) groups is 1. The summed E-state index contributed by atoms with van der Waals surface area (Å²) in [7, 11) is 0. The Morgan fingerprint density at radius 2 is 1.62 bits per heavy atom. The molecule has 0 N–H and O–H groups in total. The second-order valence-electron chi connectivity index (χ2n) is 5.60. The molecule has 126 valence electrons. The van der Waals surface area contributed by atoms with Crippen LogP contribution in [-0.2, 0) is 6.42 Å². The summed E-state index contributed by atoms with van der Waals surface area (Å²) in [6.45, 7) is 2.14. The maximum absolute atomic E-state index is 6.29. The Balaban J connectivity index is 1.80. The van der Waals surface area contributed by atoms with Gasteiger partial charge < -0.3 is 0 Å². The van der Waals surface area contributed by atoms with Gasteiger partial charge in [0, 0.05) is 16.7 Å². The fourth-order valence-electron chi connectivity index (χ4n) is 2.43. The molecule has 0 spiro atoms. The van der Waals surface area contributed by atoms with E-state index in [1.165, 1.54) is 5.56 Å². The molecule has 0 aliphatic heterocycles. The Morgan fingerprint density at radius 1 is 1.00 bits per heavy atom. The molecule has 4 heteroatoms. The summed E-state index contributed by atoms with van der Waals surface area (Å²) in [4.78, 5) is 8.24. The second-order valence-corrected chi connectivity index (χ2v) is 6.19. The first-order valence-electron chi connectivity index (χ1n) is 8.14. The van der Waals surface area contributed by atoms with Crippen molar-refractivity contribution in [3.63, 3.8) is 0 Å². The number of pyridine rings is 1. The van der Waals surface area contributed by atoms with Crippen molar-refractivity contribution in [3.05, 3.63) is 82.5 Å². The molecular formula is C22H15ClN2S. The molecule has 0 saturated heterocycles. The van der Waals surface area contributed by atoms with E-state index in [4.69, 9.17) is 11.6 Å². The van der Waals surface area contributed by atoms with Crippen LogP contribution in [0.5, 0.6) is 0 Å². The van der Waals surface area contributed by atoms with Crippen LogP contribution in [0.15, 0.2) is 65.8 Å². The normalized spacial score (nSPS) is 9.77. The van der Waals surface area contributed by atoms with Gasteiger partial charge in [0.2, 0.25) is 0 Å². The van der Waals surface area contributed by atoms with Crippen molar-refractivity contribution < 1.29 is 0 Å². The molecular weight excluding hydrogens is 360 g/mol. The highest BCUT2D eigenvalue weighted by atomic mass is 35.5. The fraction of sp³-hybridized carbons (Fsp3) is 0.0909. The van der Waals surface area contributed by atoms with Crippen molar-refractivity contribution in [2.75, 3.05) is 0 Å². The highest BCUT2D eigenvalue weighted by molar-refractivity contribution is 7.78. The third-order valence-electron chi connectivity index (χ3n) is 3.87. The molecule has 2 aromatic carbocycles. The molecule has 2 nitrogen and oxygen atoms in total. The molecule has 26 heavy (non-hydrogen) atoms. The Labute approximate surface area is 163 Å². The lowest BCUT2D eigenvalue weighted by atomic mass is 10.1. The van der Waals surface area contributed by atoms with Crippen molar-refractivity contribution >= 4 is 34.7 Å². The van der Waals surface area contributed by atoms with E-state index in [-0.39, 0.29) is 0 Å². The van der Waals surface area contributed by atoms with Gasteiger partial charge in [0.25, 0.3) is 0 Å². The van der Waals surface area contributed by atoms with Gasteiger partial charge in [0.15, 0.2) is 0 Å². The van der Waals surface area contributed by atoms with Crippen LogP contribution in [0.4, 0.5) is 5.69 Å². The summed E-state index contributed by atoms with van der Waals surface area (Å²) in [5.74, 6) is 6.36. The minimum atomic E-state index is 0.520. The third-order valence-corrected chi connectivity index (χ3v) is 4.25. The fourth-order valence-corrected chi connectivity index (χ4v) is 2.81. The van der Waals surface area contributed by atoms with Gasteiger partial charge >= 0.3 is 0 Å². The SMILES string of the molecule is CCc1ccc(C#Cc2ccc(-c3ncc(N=C=S)cc3Cl)cc2)cc1. The van der Waals surface area contributed by atoms with Crippen molar-refractivity contribution in [1.82, 2.24) is 4.98 Å².